The number of aryl methyl sites for hydroxylation is 2. The molecule has 1 aromatic carbocycles. The molecule has 0 bridgehead atoms. The molecule has 2 heterocycles. The molecule has 0 aliphatic rings. The summed E-state index contributed by atoms with van der Waals surface area (Å²) < 4.78 is 2.24. The van der Waals surface area contributed by atoms with Gasteiger partial charge in [0, 0.05) is 23.0 Å². The fourth-order valence-electron chi connectivity index (χ4n) is 2.29. The maximum absolute atomic E-state index is 4.36. The molecule has 0 saturated carbocycles. The lowest BCUT2D eigenvalue weighted by atomic mass is 10.2. The van der Waals surface area contributed by atoms with E-state index in [4.69, 9.17) is 0 Å². The number of hydrogen-bond acceptors (Lipinski definition) is 1. The minimum atomic E-state index is 0.953. The molecule has 0 saturated heterocycles. The zero-order chi connectivity index (χ0) is 10.4. The first-order chi connectivity index (χ1) is 7.33. The number of para-hydroxylation sites is 1. The van der Waals surface area contributed by atoms with Gasteiger partial charge in [-0.2, -0.15) is 5.10 Å². The van der Waals surface area contributed by atoms with E-state index < -0.39 is 0 Å². The molecule has 3 nitrogen and oxygen atoms in total. The Morgan fingerprint density at radius 1 is 1.33 bits per heavy atom. The molecular formula is C12H13N3. The van der Waals surface area contributed by atoms with E-state index in [0.717, 1.165) is 17.9 Å². The lowest BCUT2D eigenvalue weighted by Gasteiger charge is -1.99. The molecule has 0 atom stereocenters. The smallest absolute Gasteiger partial charge is 0.163 e. The van der Waals surface area contributed by atoms with Gasteiger partial charge in [-0.25, -0.2) is 0 Å². The molecule has 0 radical (unpaired) electrons. The maximum atomic E-state index is 4.36. The number of aromatic nitrogens is 3. The van der Waals surface area contributed by atoms with Crippen LogP contribution in [0.25, 0.3) is 21.9 Å². The van der Waals surface area contributed by atoms with E-state index in [1.807, 2.05) is 0 Å². The predicted molar refractivity (Wildman–Crippen MR) is 62.0 cm³/mol. The summed E-state index contributed by atoms with van der Waals surface area (Å²) >= 11 is 0. The summed E-state index contributed by atoms with van der Waals surface area (Å²) in [6.45, 7) is 5.17. The second-order valence-electron chi connectivity index (χ2n) is 3.81. The molecule has 0 amide bonds. The van der Waals surface area contributed by atoms with Crippen molar-refractivity contribution >= 4 is 21.9 Å². The second kappa shape index (κ2) is 2.86. The summed E-state index contributed by atoms with van der Waals surface area (Å²) in [7, 11) is 0. The molecule has 0 spiro atoms. The van der Waals surface area contributed by atoms with Crippen LogP contribution in [0.15, 0.2) is 24.3 Å². The van der Waals surface area contributed by atoms with Crippen molar-refractivity contribution in [3.63, 3.8) is 0 Å². The molecule has 0 aliphatic heterocycles. The molecule has 2 aromatic heterocycles. The Morgan fingerprint density at radius 3 is 2.93 bits per heavy atom. The molecule has 76 valence electrons. The van der Waals surface area contributed by atoms with Gasteiger partial charge in [0.25, 0.3) is 0 Å². The van der Waals surface area contributed by atoms with Crippen LogP contribution >= 0.6 is 0 Å². The van der Waals surface area contributed by atoms with Gasteiger partial charge in [0.2, 0.25) is 0 Å². The molecule has 0 unspecified atom stereocenters. The standard InChI is InChI=1S/C12H13N3/c1-3-15-10-7-5-4-6-9(10)11-8(2)13-14-12(11)15/h4-7H,3H2,1-2H3,(H,13,14). The van der Waals surface area contributed by atoms with Crippen LogP contribution in [0, 0.1) is 6.92 Å². The Hall–Kier alpha value is -1.77. The fraction of sp³-hybridized carbons (Fsp3) is 0.250. The van der Waals surface area contributed by atoms with Crippen molar-refractivity contribution in [2.45, 2.75) is 20.4 Å². The molecule has 0 fully saturated rings. The van der Waals surface area contributed by atoms with Gasteiger partial charge in [-0.05, 0) is 19.9 Å². The number of aromatic amines is 1. The molecule has 3 heteroatoms. The van der Waals surface area contributed by atoms with Crippen LogP contribution < -0.4 is 0 Å². The van der Waals surface area contributed by atoms with Crippen LogP contribution in [0.2, 0.25) is 0 Å². The van der Waals surface area contributed by atoms with Crippen LogP contribution in [0.3, 0.4) is 0 Å². The monoisotopic (exact) mass is 199 g/mol. The molecular weight excluding hydrogens is 186 g/mol. The van der Waals surface area contributed by atoms with E-state index in [1.54, 1.807) is 0 Å². The number of fused-ring (bicyclic) bond motifs is 3. The predicted octanol–water partition coefficient (Wildman–Crippen LogP) is 2.85. The van der Waals surface area contributed by atoms with Gasteiger partial charge in [-0.15, -0.1) is 0 Å². The van der Waals surface area contributed by atoms with Gasteiger partial charge in [-0.3, -0.25) is 5.10 Å². The van der Waals surface area contributed by atoms with E-state index >= 15 is 0 Å². The third-order valence-electron chi connectivity index (χ3n) is 2.96. The zero-order valence-corrected chi connectivity index (χ0v) is 8.91. The van der Waals surface area contributed by atoms with Gasteiger partial charge >= 0.3 is 0 Å². The Bertz CT molecular complexity index is 631. The summed E-state index contributed by atoms with van der Waals surface area (Å²) in [6, 6.07) is 8.47. The highest BCUT2D eigenvalue weighted by atomic mass is 15.2. The Balaban J connectivity index is 2.63. The van der Waals surface area contributed by atoms with Crippen molar-refractivity contribution in [1.29, 1.82) is 0 Å². The zero-order valence-electron chi connectivity index (χ0n) is 8.91. The second-order valence-corrected chi connectivity index (χ2v) is 3.81. The highest BCUT2D eigenvalue weighted by Gasteiger charge is 2.13. The number of nitrogens with zero attached hydrogens (tertiary/aromatic N) is 2. The lowest BCUT2D eigenvalue weighted by molar-refractivity contribution is 0.810. The van der Waals surface area contributed by atoms with E-state index in [2.05, 4.69) is 52.9 Å². The molecule has 3 rings (SSSR count). The van der Waals surface area contributed by atoms with Gasteiger partial charge in [0.15, 0.2) is 5.65 Å². The van der Waals surface area contributed by atoms with Gasteiger partial charge in [0.1, 0.15) is 0 Å². The minimum Gasteiger partial charge on any atom is -0.324 e. The van der Waals surface area contributed by atoms with Crippen LogP contribution in [-0.2, 0) is 6.54 Å². The van der Waals surface area contributed by atoms with E-state index in [9.17, 15) is 0 Å². The van der Waals surface area contributed by atoms with Gasteiger partial charge in [0.05, 0.1) is 5.52 Å². The normalized spacial score (nSPS) is 11.6. The Labute approximate surface area is 87.7 Å². The third kappa shape index (κ3) is 0.975. The van der Waals surface area contributed by atoms with Crippen molar-refractivity contribution in [2.24, 2.45) is 0 Å². The van der Waals surface area contributed by atoms with Gasteiger partial charge < -0.3 is 4.57 Å². The van der Waals surface area contributed by atoms with E-state index in [0.29, 0.717) is 0 Å². The average Bonchev–Trinajstić information content (AvgIpc) is 2.77. The fourth-order valence-corrected chi connectivity index (χ4v) is 2.29. The Morgan fingerprint density at radius 2 is 2.13 bits per heavy atom. The van der Waals surface area contributed by atoms with Gasteiger partial charge in [-0.1, -0.05) is 18.2 Å². The van der Waals surface area contributed by atoms with Crippen LogP contribution in [0.5, 0.6) is 0 Å². The van der Waals surface area contributed by atoms with E-state index in [-0.39, 0.29) is 0 Å². The summed E-state index contributed by atoms with van der Waals surface area (Å²) in [4.78, 5) is 0. The van der Waals surface area contributed by atoms with E-state index in [1.165, 1.54) is 16.3 Å². The van der Waals surface area contributed by atoms with Crippen molar-refractivity contribution in [1.82, 2.24) is 14.8 Å². The number of H-pyrrole nitrogens is 1. The summed E-state index contributed by atoms with van der Waals surface area (Å²) in [5, 5.41) is 9.97. The van der Waals surface area contributed by atoms with Crippen LogP contribution in [-0.4, -0.2) is 14.8 Å². The maximum Gasteiger partial charge on any atom is 0.163 e. The summed E-state index contributed by atoms with van der Waals surface area (Å²) in [5.41, 5.74) is 3.49. The summed E-state index contributed by atoms with van der Waals surface area (Å²) in [5.74, 6) is 0. The first kappa shape index (κ1) is 8.53. The first-order valence-corrected chi connectivity index (χ1v) is 5.25. The summed E-state index contributed by atoms with van der Waals surface area (Å²) in [6.07, 6.45) is 0. The van der Waals surface area contributed by atoms with Crippen molar-refractivity contribution < 1.29 is 0 Å². The molecule has 3 aromatic rings. The lowest BCUT2D eigenvalue weighted by Crippen LogP contribution is -1.93. The van der Waals surface area contributed by atoms with Crippen molar-refractivity contribution in [3.05, 3.63) is 30.0 Å². The van der Waals surface area contributed by atoms with Crippen molar-refractivity contribution in [3.8, 4) is 0 Å². The highest BCUT2D eigenvalue weighted by molar-refractivity contribution is 6.07. The number of hydrogen-bond donors (Lipinski definition) is 1. The highest BCUT2D eigenvalue weighted by Crippen LogP contribution is 2.29. The number of benzene rings is 1. The van der Waals surface area contributed by atoms with Crippen molar-refractivity contribution in [2.75, 3.05) is 0 Å². The number of rotatable bonds is 1. The van der Waals surface area contributed by atoms with Crippen LogP contribution in [0.4, 0.5) is 0 Å². The SMILES string of the molecule is CCn1c2ccccc2c2c(C)[nH]nc21. The molecule has 15 heavy (non-hydrogen) atoms. The first-order valence-electron chi connectivity index (χ1n) is 5.25. The average molecular weight is 199 g/mol. The largest absolute Gasteiger partial charge is 0.324 e. The topological polar surface area (TPSA) is 33.6 Å². The minimum absolute atomic E-state index is 0.953. The molecule has 1 N–H and O–H groups in total. The number of nitrogens with one attached hydrogen (secondary N) is 1. The third-order valence-corrected chi connectivity index (χ3v) is 2.96. The van der Waals surface area contributed by atoms with Crippen LogP contribution in [0.1, 0.15) is 12.6 Å². The quantitative estimate of drug-likeness (QED) is 0.642. The molecule has 0 aliphatic carbocycles. The Kier molecular flexibility index (Phi) is 1.63.